The fourth-order valence-electron chi connectivity index (χ4n) is 1.65. The van der Waals surface area contributed by atoms with Gasteiger partial charge in [0.25, 0.3) is 15.0 Å². The molecule has 1 aromatic rings. The summed E-state index contributed by atoms with van der Waals surface area (Å²) in [5, 5.41) is 2.40. The molecule has 1 aromatic carbocycles. The van der Waals surface area contributed by atoms with Crippen LogP contribution >= 0.6 is 33.9 Å². The first-order valence-electron chi connectivity index (χ1n) is 5.73. The van der Waals surface area contributed by atoms with Gasteiger partial charge < -0.3 is 10.1 Å². The molecule has 0 unspecified atom stereocenters. The molecule has 5 nitrogen and oxygen atoms in total. The van der Waals surface area contributed by atoms with Crippen LogP contribution in [0.4, 0.5) is 0 Å². The summed E-state index contributed by atoms with van der Waals surface area (Å²) in [6.45, 7) is 3.79. The van der Waals surface area contributed by atoms with E-state index in [9.17, 15) is 13.2 Å². The summed E-state index contributed by atoms with van der Waals surface area (Å²) >= 11 is 11.6. The van der Waals surface area contributed by atoms with E-state index in [4.69, 9.17) is 38.6 Å². The predicted molar refractivity (Wildman–Crippen MR) is 82.9 cm³/mol. The van der Waals surface area contributed by atoms with Gasteiger partial charge in [0.1, 0.15) is 4.90 Å². The number of halogens is 3. The van der Waals surface area contributed by atoms with Crippen molar-refractivity contribution in [3.8, 4) is 0 Å². The van der Waals surface area contributed by atoms with Crippen LogP contribution in [0, 0.1) is 0 Å². The lowest BCUT2D eigenvalue weighted by Crippen LogP contribution is -2.46. The maximum absolute atomic E-state index is 12.2. The van der Waals surface area contributed by atoms with Crippen molar-refractivity contribution in [3.05, 3.63) is 27.7 Å². The number of carbonyl (C=O) groups is 1. The normalized spacial score (nSPS) is 12.3. The Balaban J connectivity index is 3.21. The molecule has 0 atom stereocenters. The molecule has 0 saturated heterocycles. The quantitative estimate of drug-likeness (QED) is 0.804. The van der Waals surface area contributed by atoms with Crippen LogP contribution in [-0.2, 0) is 13.8 Å². The summed E-state index contributed by atoms with van der Waals surface area (Å²) in [6.07, 6.45) is 0. The number of hydrogen-bond acceptors (Lipinski definition) is 4. The Morgan fingerprint density at radius 2 is 1.90 bits per heavy atom. The fraction of sp³-hybridized carbons (Fsp3) is 0.417. The summed E-state index contributed by atoms with van der Waals surface area (Å²) in [4.78, 5) is 11.8. The van der Waals surface area contributed by atoms with Gasteiger partial charge in [0.15, 0.2) is 0 Å². The Bertz CT molecular complexity index is 659. The van der Waals surface area contributed by atoms with Crippen LogP contribution in [0.5, 0.6) is 0 Å². The summed E-state index contributed by atoms with van der Waals surface area (Å²) in [7, 11) is 2.66. The summed E-state index contributed by atoms with van der Waals surface area (Å²) in [5.41, 5.74) is -0.606. The highest BCUT2D eigenvalue weighted by Gasteiger charge is 2.24. The highest BCUT2D eigenvalue weighted by Crippen LogP contribution is 2.32. The number of hydrogen-bond donors (Lipinski definition) is 1. The lowest BCUT2D eigenvalue weighted by atomic mass is 10.1. The molecule has 0 radical (unpaired) electrons. The molecule has 0 aromatic heterocycles. The van der Waals surface area contributed by atoms with E-state index >= 15 is 0 Å². The van der Waals surface area contributed by atoms with Gasteiger partial charge >= 0.3 is 0 Å². The van der Waals surface area contributed by atoms with E-state index in [1.54, 1.807) is 13.8 Å². The molecule has 0 fully saturated rings. The van der Waals surface area contributed by atoms with Crippen molar-refractivity contribution in [3.63, 3.8) is 0 Å². The lowest BCUT2D eigenvalue weighted by molar-refractivity contribution is 0.0820. The fourth-order valence-corrected chi connectivity index (χ4v) is 3.41. The lowest BCUT2D eigenvalue weighted by Gasteiger charge is -2.25. The molecule has 0 aliphatic rings. The third kappa shape index (κ3) is 5.00. The standard InChI is InChI=1S/C12H14Cl3NO4S/c1-12(2,6-20-3)16-11(17)7-4-8(13)10(14)9(5-7)21(15,18)19/h4-5H,6H2,1-3H3,(H,16,17). The van der Waals surface area contributed by atoms with Gasteiger partial charge in [-0.2, -0.15) is 0 Å². The number of benzene rings is 1. The molecule has 1 rings (SSSR count). The third-order valence-electron chi connectivity index (χ3n) is 2.48. The van der Waals surface area contributed by atoms with E-state index in [1.165, 1.54) is 13.2 Å². The van der Waals surface area contributed by atoms with Gasteiger partial charge in [0, 0.05) is 23.4 Å². The average molecular weight is 375 g/mol. The zero-order valence-electron chi connectivity index (χ0n) is 11.5. The first kappa shape index (κ1) is 18.5. The summed E-state index contributed by atoms with van der Waals surface area (Å²) in [5.74, 6) is -0.516. The minimum absolute atomic E-state index is 0.0350. The Kier molecular flexibility index (Phi) is 5.91. The molecular formula is C12H14Cl3NO4S. The highest BCUT2D eigenvalue weighted by atomic mass is 35.7. The van der Waals surface area contributed by atoms with Crippen molar-refractivity contribution in [1.29, 1.82) is 0 Å². The Labute approximate surface area is 137 Å². The molecule has 118 valence electrons. The van der Waals surface area contributed by atoms with Gasteiger partial charge in [0.2, 0.25) is 0 Å². The van der Waals surface area contributed by atoms with Crippen LogP contribution in [0.25, 0.3) is 0 Å². The van der Waals surface area contributed by atoms with Crippen molar-refractivity contribution >= 4 is 48.8 Å². The zero-order valence-corrected chi connectivity index (χ0v) is 14.6. The second kappa shape index (κ2) is 6.71. The summed E-state index contributed by atoms with van der Waals surface area (Å²) < 4.78 is 27.9. The van der Waals surface area contributed by atoms with E-state index in [0.29, 0.717) is 0 Å². The molecule has 1 amide bonds. The van der Waals surface area contributed by atoms with Crippen molar-refractivity contribution in [2.75, 3.05) is 13.7 Å². The van der Waals surface area contributed by atoms with E-state index in [2.05, 4.69) is 5.32 Å². The maximum atomic E-state index is 12.2. The number of ether oxygens (including phenoxy) is 1. The van der Waals surface area contributed by atoms with Crippen LogP contribution in [0.3, 0.4) is 0 Å². The van der Waals surface area contributed by atoms with Gasteiger partial charge in [-0.25, -0.2) is 8.42 Å². The van der Waals surface area contributed by atoms with Crippen LogP contribution in [0.2, 0.25) is 10.0 Å². The smallest absolute Gasteiger partial charge is 0.262 e. The van der Waals surface area contributed by atoms with E-state index in [0.717, 1.165) is 6.07 Å². The van der Waals surface area contributed by atoms with E-state index in [-0.39, 0.29) is 22.2 Å². The molecule has 0 aliphatic carbocycles. The largest absolute Gasteiger partial charge is 0.382 e. The van der Waals surface area contributed by atoms with Gasteiger partial charge in [-0.1, -0.05) is 23.2 Å². The van der Waals surface area contributed by atoms with E-state index < -0.39 is 25.4 Å². The van der Waals surface area contributed by atoms with Gasteiger partial charge in [-0.05, 0) is 26.0 Å². The molecule has 0 aliphatic heterocycles. The monoisotopic (exact) mass is 373 g/mol. The molecule has 9 heteroatoms. The molecule has 0 bridgehead atoms. The molecule has 21 heavy (non-hydrogen) atoms. The zero-order chi connectivity index (χ0) is 16.4. The number of carbonyl (C=O) groups excluding carboxylic acids is 1. The highest BCUT2D eigenvalue weighted by molar-refractivity contribution is 8.13. The molecule has 1 N–H and O–H groups in total. The first-order valence-corrected chi connectivity index (χ1v) is 8.79. The predicted octanol–water partition coefficient (Wildman–Crippen LogP) is 3.08. The molecule has 0 spiro atoms. The van der Waals surface area contributed by atoms with Gasteiger partial charge in [0.05, 0.1) is 22.2 Å². The van der Waals surface area contributed by atoms with Crippen molar-refractivity contribution < 1.29 is 17.9 Å². The number of rotatable bonds is 5. The second-order valence-corrected chi connectivity index (χ2v) is 8.30. The first-order chi connectivity index (χ1) is 9.48. The topological polar surface area (TPSA) is 72.5 Å². The minimum Gasteiger partial charge on any atom is -0.382 e. The minimum atomic E-state index is -4.11. The number of methoxy groups -OCH3 is 1. The van der Waals surface area contributed by atoms with Gasteiger partial charge in [-0.3, -0.25) is 4.79 Å². The van der Waals surface area contributed by atoms with Crippen LogP contribution < -0.4 is 5.32 Å². The maximum Gasteiger partial charge on any atom is 0.262 e. The Morgan fingerprint density at radius 3 is 2.38 bits per heavy atom. The Hall–Kier alpha value is -0.530. The van der Waals surface area contributed by atoms with Crippen molar-refractivity contribution in [1.82, 2.24) is 5.32 Å². The van der Waals surface area contributed by atoms with E-state index in [1.807, 2.05) is 0 Å². The number of nitrogens with one attached hydrogen (secondary N) is 1. The molecule has 0 saturated carbocycles. The van der Waals surface area contributed by atoms with Crippen LogP contribution in [-0.4, -0.2) is 33.6 Å². The van der Waals surface area contributed by atoms with Gasteiger partial charge in [-0.15, -0.1) is 0 Å². The average Bonchev–Trinajstić information content (AvgIpc) is 2.29. The second-order valence-electron chi connectivity index (χ2n) is 4.98. The van der Waals surface area contributed by atoms with Crippen LogP contribution in [0.1, 0.15) is 24.2 Å². The SMILES string of the molecule is COCC(C)(C)NC(=O)c1cc(Cl)c(Cl)c(S(=O)(=O)Cl)c1. The third-order valence-corrected chi connectivity index (χ3v) is 4.74. The molecular weight excluding hydrogens is 361 g/mol. The summed E-state index contributed by atoms with van der Waals surface area (Å²) in [6, 6.07) is 2.35. The Morgan fingerprint density at radius 1 is 1.33 bits per heavy atom. The van der Waals surface area contributed by atoms with Crippen molar-refractivity contribution in [2.24, 2.45) is 0 Å². The van der Waals surface area contributed by atoms with Crippen molar-refractivity contribution in [2.45, 2.75) is 24.3 Å². The van der Waals surface area contributed by atoms with Crippen LogP contribution in [0.15, 0.2) is 17.0 Å². The number of amides is 1. The molecule has 0 heterocycles.